The van der Waals surface area contributed by atoms with E-state index in [1.54, 1.807) is 0 Å². The normalized spacial score (nSPS) is 16.8. The highest BCUT2D eigenvalue weighted by Gasteiger charge is 2.29. The van der Waals surface area contributed by atoms with Crippen molar-refractivity contribution in [3.05, 3.63) is 30.3 Å². The molecule has 3 heteroatoms. The smallest absolute Gasteiger partial charge is 0.228 e. The third kappa shape index (κ3) is 2.84. The van der Waals surface area contributed by atoms with Gasteiger partial charge in [0.25, 0.3) is 0 Å². The molecule has 1 amide bonds. The van der Waals surface area contributed by atoms with Crippen LogP contribution in [0.15, 0.2) is 24.3 Å². The van der Waals surface area contributed by atoms with Crippen LogP contribution in [0.25, 0.3) is 0 Å². The Hall–Kier alpha value is -1.51. The summed E-state index contributed by atoms with van der Waals surface area (Å²) in [5, 5.41) is 0. The van der Waals surface area contributed by atoms with Gasteiger partial charge in [-0.05, 0) is 18.2 Å². The number of carbonyl (C=O) groups excluding carboxylic acids is 1. The first-order valence-electron chi connectivity index (χ1n) is 6.49. The summed E-state index contributed by atoms with van der Waals surface area (Å²) < 4.78 is 0. The van der Waals surface area contributed by atoms with Gasteiger partial charge >= 0.3 is 0 Å². The minimum atomic E-state index is -0.274. The van der Waals surface area contributed by atoms with Crippen LogP contribution in [0.4, 0.5) is 5.69 Å². The molecule has 0 aromatic heterocycles. The van der Waals surface area contributed by atoms with Crippen molar-refractivity contribution in [2.24, 2.45) is 5.41 Å². The van der Waals surface area contributed by atoms with E-state index < -0.39 is 0 Å². The Labute approximate surface area is 109 Å². The van der Waals surface area contributed by atoms with E-state index in [1.165, 1.54) is 5.69 Å². The van der Waals surface area contributed by atoms with E-state index in [0.717, 1.165) is 26.2 Å². The van der Waals surface area contributed by atoms with Crippen molar-refractivity contribution in [2.75, 3.05) is 31.1 Å². The van der Waals surface area contributed by atoms with Crippen LogP contribution in [0.1, 0.15) is 20.8 Å². The first-order valence-corrected chi connectivity index (χ1v) is 6.49. The van der Waals surface area contributed by atoms with Crippen LogP contribution < -0.4 is 4.90 Å². The zero-order valence-corrected chi connectivity index (χ0v) is 11.4. The molecule has 0 unspecified atom stereocenters. The molecular weight excluding hydrogens is 224 g/mol. The van der Waals surface area contributed by atoms with Crippen molar-refractivity contribution in [3.8, 4) is 0 Å². The van der Waals surface area contributed by atoms with E-state index in [2.05, 4.69) is 23.1 Å². The van der Waals surface area contributed by atoms with E-state index in [-0.39, 0.29) is 11.3 Å². The largest absolute Gasteiger partial charge is 0.368 e. The molecule has 1 aliphatic rings. The highest BCUT2D eigenvalue weighted by molar-refractivity contribution is 5.81. The lowest BCUT2D eigenvalue weighted by Crippen LogP contribution is -2.51. The Morgan fingerprint density at radius 1 is 1.11 bits per heavy atom. The van der Waals surface area contributed by atoms with E-state index >= 15 is 0 Å². The molecule has 3 nitrogen and oxygen atoms in total. The van der Waals surface area contributed by atoms with E-state index in [9.17, 15) is 4.79 Å². The Bertz CT molecular complexity index is 400. The monoisotopic (exact) mass is 245 g/mol. The minimum Gasteiger partial charge on any atom is -0.368 e. The first kappa shape index (κ1) is 12.9. The maximum absolute atomic E-state index is 12.2. The van der Waals surface area contributed by atoms with Crippen molar-refractivity contribution in [2.45, 2.75) is 20.8 Å². The lowest BCUT2D eigenvalue weighted by Gasteiger charge is -2.38. The van der Waals surface area contributed by atoms with Crippen LogP contribution in [0.2, 0.25) is 0 Å². The number of carbonyl (C=O) groups is 1. The van der Waals surface area contributed by atoms with Crippen LogP contribution >= 0.6 is 0 Å². The zero-order valence-electron chi connectivity index (χ0n) is 11.4. The van der Waals surface area contributed by atoms with Crippen LogP contribution in [-0.4, -0.2) is 37.0 Å². The maximum atomic E-state index is 12.2. The quantitative estimate of drug-likeness (QED) is 0.757. The predicted octanol–water partition coefficient (Wildman–Crippen LogP) is 2.18. The van der Waals surface area contributed by atoms with Crippen molar-refractivity contribution >= 4 is 11.6 Å². The average Bonchev–Trinajstić information content (AvgIpc) is 2.38. The van der Waals surface area contributed by atoms with Crippen LogP contribution in [-0.2, 0) is 4.79 Å². The maximum Gasteiger partial charge on any atom is 0.228 e. The molecule has 1 aromatic rings. The summed E-state index contributed by atoms with van der Waals surface area (Å²) in [7, 11) is 0. The Morgan fingerprint density at radius 3 is 2.17 bits per heavy atom. The zero-order chi connectivity index (χ0) is 13.2. The second-order valence-electron chi connectivity index (χ2n) is 5.79. The summed E-state index contributed by atoms with van der Waals surface area (Å²) in [4.78, 5) is 16.5. The molecule has 18 heavy (non-hydrogen) atoms. The highest BCUT2D eigenvalue weighted by atomic mass is 16.2. The third-order valence-electron chi connectivity index (χ3n) is 3.27. The van der Waals surface area contributed by atoms with Gasteiger partial charge in [-0.3, -0.25) is 4.79 Å². The molecule has 1 heterocycles. The summed E-state index contributed by atoms with van der Waals surface area (Å²) in [6.07, 6.45) is 0. The van der Waals surface area contributed by atoms with Crippen LogP contribution in [0, 0.1) is 11.5 Å². The van der Waals surface area contributed by atoms with Crippen molar-refractivity contribution in [1.29, 1.82) is 0 Å². The fourth-order valence-corrected chi connectivity index (χ4v) is 2.23. The van der Waals surface area contributed by atoms with Crippen LogP contribution in [0.5, 0.6) is 0 Å². The van der Waals surface area contributed by atoms with Gasteiger partial charge in [-0.2, -0.15) is 0 Å². The first-order chi connectivity index (χ1) is 8.48. The van der Waals surface area contributed by atoms with Crippen molar-refractivity contribution in [3.63, 3.8) is 0 Å². The number of anilines is 1. The Morgan fingerprint density at radius 2 is 1.67 bits per heavy atom. The van der Waals surface area contributed by atoms with E-state index in [4.69, 9.17) is 0 Å². The minimum absolute atomic E-state index is 0.253. The van der Waals surface area contributed by atoms with Gasteiger partial charge < -0.3 is 9.80 Å². The molecular formula is C15H21N2O. The second-order valence-corrected chi connectivity index (χ2v) is 5.79. The predicted molar refractivity (Wildman–Crippen MR) is 73.5 cm³/mol. The fourth-order valence-electron chi connectivity index (χ4n) is 2.23. The molecule has 0 saturated carbocycles. The molecule has 1 aliphatic heterocycles. The van der Waals surface area contributed by atoms with E-state index in [0.29, 0.717) is 0 Å². The number of benzene rings is 1. The van der Waals surface area contributed by atoms with E-state index in [1.807, 2.05) is 37.8 Å². The molecule has 0 aliphatic carbocycles. The summed E-state index contributed by atoms with van der Waals surface area (Å²) >= 11 is 0. The Kier molecular flexibility index (Phi) is 3.60. The SMILES string of the molecule is CC(C)(C)C(=O)N1CCN(c2cc[c]cc2)CC1. The van der Waals surface area contributed by atoms with Crippen molar-refractivity contribution < 1.29 is 4.79 Å². The molecule has 0 bridgehead atoms. The highest BCUT2D eigenvalue weighted by Crippen LogP contribution is 2.20. The van der Waals surface area contributed by atoms with Gasteiger partial charge in [0.05, 0.1) is 0 Å². The Balaban J connectivity index is 1.95. The molecule has 2 rings (SSSR count). The summed E-state index contributed by atoms with van der Waals surface area (Å²) in [5.41, 5.74) is 0.945. The van der Waals surface area contributed by atoms with Gasteiger partial charge in [0.1, 0.15) is 0 Å². The summed E-state index contributed by atoms with van der Waals surface area (Å²) in [5.74, 6) is 0.253. The topological polar surface area (TPSA) is 23.6 Å². The molecule has 0 N–H and O–H groups in total. The lowest BCUT2D eigenvalue weighted by atomic mass is 9.94. The van der Waals surface area contributed by atoms with Gasteiger partial charge in [0.15, 0.2) is 0 Å². The second kappa shape index (κ2) is 5.01. The number of amides is 1. The summed E-state index contributed by atoms with van der Waals surface area (Å²) in [6.45, 7) is 9.39. The molecule has 97 valence electrons. The van der Waals surface area contributed by atoms with Crippen LogP contribution in [0.3, 0.4) is 0 Å². The number of rotatable bonds is 1. The van der Waals surface area contributed by atoms with Gasteiger partial charge in [-0.25, -0.2) is 0 Å². The molecule has 1 saturated heterocycles. The number of piperazine rings is 1. The molecule has 1 fully saturated rings. The van der Waals surface area contributed by atoms with Gasteiger partial charge in [-0.15, -0.1) is 0 Å². The molecule has 1 aromatic carbocycles. The molecule has 0 atom stereocenters. The fraction of sp³-hybridized carbons (Fsp3) is 0.533. The molecule has 0 spiro atoms. The molecule has 1 radical (unpaired) electrons. The number of nitrogens with zero attached hydrogens (tertiary/aromatic N) is 2. The standard InChI is InChI=1S/C15H21N2O/c1-15(2,3)14(18)17-11-9-16(10-12-17)13-7-5-4-6-8-13/h5-8H,9-12H2,1-3H3. The van der Waals surface area contributed by atoms with Gasteiger partial charge in [0, 0.05) is 37.3 Å². The third-order valence-corrected chi connectivity index (χ3v) is 3.27. The average molecular weight is 245 g/mol. The van der Waals surface area contributed by atoms with Gasteiger partial charge in [0.2, 0.25) is 5.91 Å². The van der Waals surface area contributed by atoms with Gasteiger partial charge in [-0.1, -0.05) is 32.9 Å². The van der Waals surface area contributed by atoms with Crippen molar-refractivity contribution in [1.82, 2.24) is 4.90 Å². The number of hydrogen-bond acceptors (Lipinski definition) is 2. The summed E-state index contributed by atoms with van der Waals surface area (Å²) in [6, 6.07) is 11.0. The number of hydrogen-bond donors (Lipinski definition) is 0. The lowest BCUT2D eigenvalue weighted by molar-refractivity contribution is -0.139.